The van der Waals surface area contributed by atoms with Crippen molar-refractivity contribution in [2.75, 3.05) is 11.9 Å². The van der Waals surface area contributed by atoms with Crippen molar-refractivity contribution in [2.45, 2.75) is 13.1 Å². The fourth-order valence-electron chi connectivity index (χ4n) is 2.70. The van der Waals surface area contributed by atoms with Gasteiger partial charge in [0.15, 0.2) is 0 Å². The van der Waals surface area contributed by atoms with E-state index in [9.17, 15) is 4.79 Å². The molecule has 0 aliphatic rings. The molecule has 0 radical (unpaired) electrons. The number of rotatable bonds is 7. The highest BCUT2D eigenvalue weighted by Crippen LogP contribution is 2.13. The smallest absolute Gasteiger partial charge is 0.238 e. The van der Waals surface area contributed by atoms with Gasteiger partial charge in [0.05, 0.1) is 31.0 Å². The van der Waals surface area contributed by atoms with E-state index in [-0.39, 0.29) is 12.5 Å². The molecule has 1 aromatic heterocycles. The normalized spacial score (nSPS) is 10.5. The van der Waals surface area contributed by atoms with E-state index in [1.54, 1.807) is 30.5 Å². The van der Waals surface area contributed by atoms with Gasteiger partial charge in [0.1, 0.15) is 5.76 Å². The third kappa shape index (κ3) is 5.07. The molecule has 0 aliphatic heterocycles. The number of carbonyl (C=O) groups is 1. The Morgan fingerprint density at radius 1 is 1.04 bits per heavy atom. The predicted molar refractivity (Wildman–Crippen MR) is 99.1 cm³/mol. The number of nitrogens with zero attached hydrogens (tertiary/aromatic N) is 2. The van der Waals surface area contributed by atoms with E-state index in [1.807, 2.05) is 47.4 Å². The Morgan fingerprint density at radius 2 is 1.88 bits per heavy atom. The van der Waals surface area contributed by atoms with Crippen LogP contribution >= 0.6 is 0 Å². The van der Waals surface area contributed by atoms with E-state index in [1.165, 1.54) is 0 Å². The van der Waals surface area contributed by atoms with Crippen molar-refractivity contribution in [2.24, 2.45) is 0 Å². The number of hydrogen-bond acceptors (Lipinski definition) is 4. The molecule has 0 saturated heterocycles. The number of amides is 1. The molecule has 1 amide bonds. The minimum absolute atomic E-state index is 0.137. The van der Waals surface area contributed by atoms with Gasteiger partial charge in [-0.3, -0.25) is 9.69 Å². The number of nitrogens with one attached hydrogen (secondary N) is 1. The molecule has 5 heteroatoms. The van der Waals surface area contributed by atoms with Gasteiger partial charge < -0.3 is 9.73 Å². The maximum atomic E-state index is 12.5. The van der Waals surface area contributed by atoms with Crippen LogP contribution in [0, 0.1) is 11.3 Å². The molecular weight excluding hydrogens is 326 g/mol. The van der Waals surface area contributed by atoms with Crippen LogP contribution in [0.25, 0.3) is 0 Å². The molecule has 130 valence electrons. The predicted octanol–water partition coefficient (Wildman–Crippen LogP) is 3.79. The molecule has 2 aromatic carbocycles. The van der Waals surface area contributed by atoms with Crippen LogP contribution in [-0.2, 0) is 17.9 Å². The lowest BCUT2D eigenvalue weighted by Crippen LogP contribution is -2.32. The van der Waals surface area contributed by atoms with Crippen LogP contribution in [0.4, 0.5) is 5.69 Å². The second-order valence-electron chi connectivity index (χ2n) is 5.95. The lowest BCUT2D eigenvalue weighted by atomic mass is 10.2. The molecule has 0 spiro atoms. The number of furan rings is 1. The van der Waals surface area contributed by atoms with E-state index in [0.29, 0.717) is 24.3 Å². The van der Waals surface area contributed by atoms with Crippen LogP contribution in [0.3, 0.4) is 0 Å². The standard InChI is InChI=1S/C21H19N3O2/c22-13-18-8-4-9-19(12-18)23-21(25)16-24(15-20-10-5-11-26-20)14-17-6-2-1-3-7-17/h1-12H,14-16H2,(H,23,25). The molecule has 0 unspecified atom stereocenters. The molecule has 0 atom stereocenters. The Kier molecular flexibility index (Phi) is 5.81. The van der Waals surface area contributed by atoms with Gasteiger partial charge >= 0.3 is 0 Å². The van der Waals surface area contributed by atoms with Crippen molar-refractivity contribution in [1.82, 2.24) is 4.90 Å². The highest BCUT2D eigenvalue weighted by molar-refractivity contribution is 5.92. The minimum Gasteiger partial charge on any atom is -0.468 e. The maximum Gasteiger partial charge on any atom is 0.238 e. The quantitative estimate of drug-likeness (QED) is 0.707. The Hall–Kier alpha value is -3.36. The van der Waals surface area contributed by atoms with Crippen molar-refractivity contribution in [3.8, 4) is 6.07 Å². The molecule has 0 bridgehead atoms. The zero-order chi connectivity index (χ0) is 18.2. The topological polar surface area (TPSA) is 69.3 Å². The monoisotopic (exact) mass is 345 g/mol. The third-order valence-corrected chi connectivity index (χ3v) is 3.85. The fraction of sp³-hybridized carbons (Fsp3) is 0.143. The Labute approximate surface area is 152 Å². The average Bonchev–Trinajstić information content (AvgIpc) is 3.15. The molecule has 3 rings (SSSR count). The lowest BCUT2D eigenvalue weighted by Gasteiger charge is -2.21. The van der Waals surface area contributed by atoms with Gasteiger partial charge in [0, 0.05) is 12.2 Å². The summed E-state index contributed by atoms with van der Waals surface area (Å²) >= 11 is 0. The summed E-state index contributed by atoms with van der Waals surface area (Å²) < 4.78 is 5.42. The van der Waals surface area contributed by atoms with Crippen LogP contribution in [0.1, 0.15) is 16.9 Å². The Bertz CT molecular complexity index is 883. The first-order valence-electron chi connectivity index (χ1n) is 8.31. The van der Waals surface area contributed by atoms with Gasteiger partial charge in [-0.1, -0.05) is 36.4 Å². The van der Waals surface area contributed by atoms with Crippen LogP contribution in [-0.4, -0.2) is 17.4 Å². The Balaban J connectivity index is 1.67. The summed E-state index contributed by atoms with van der Waals surface area (Å²) in [5.74, 6) is 0.669. The number of anilines is 1. The largest absolute Gasteiger partial charge is 0.468 e. The molecule has 26 heavy (non-hydrogen) atoms. The third-order valence-electron chi connectivity index (χ3n) is 3.85. The number of carbonyl (C=O) groups excluding carboxylic acids is 1. The van der Waals surface area contributed by atoms with Gasteiger partial charge in [0.2, 0.25) is 5.91 Å². The summed E-state index contributed by atoms with van der Waals surface area (Å²) in [7, 11) is 0. The maximum absolute atomic E-state index is 12.5. The summed E-state index contributed by atoms with van der Waals surface area (Å²) in [6, 6.07) is 22.7. The van der Waals surface area contributed by atoms with Crippen LogP contribution in [0.2, 0.25) is 0 Å². The van der Waals surface area contributed by atoms with Crippen molar-refractivity contribution >= 4 is 11.6 Å². The summed E-state index contributed by atoms with van der Waals surface area (Å²) in [5, 5.41) is 11.8. The molecule has 0 saturated carbocycles. The zero-order valence-corrected chi connectivity index (χ0v) is 14.3. The molecular formula is C21H19N3O2. The summed E-state index contributed by atoms with van der Waals surface area (Å²) in [6.07, 6.45) is 1.63. The Morgan fingerprint density at radius 3 is 2.62 bits per heavy atom. The van der Waals surface area contributed by atoms with Crippen LogP contribution in [0.15, 0.2) is 77.4 Å². The molecule has 3 aromatic rings. The van der Waals surface area contributed by atoms with E-state index >= 15 is 0 Å². The molecule has 0 fully saturated rings. The van der Waals surface area contributed by atoms with Crippen LogP contribution < -0.4 is 5.32 Å². The van der Waals surface area contributed by atoms with E-state index in [2.05, 4.69) is 11.4 Å². The second-order valence-corrected chi connectivity index (χ2v) is 5.95. The zero-order valence-electron chi connectivity index (χ0n) is 14.3. The number of benzene rings is 2. The van der Waals surface area contributed by atoms with E-state index < -0.39 is 0 Å². The molecule has 0 aliphatic carbocycles. The van der Waals surface area contributed by atoms with Crippen molar-refractivity contribution in [3.05, 3.63) is 89.9 Å². The van der Waals surface area contributed by atoms with Gasteiger partial charge in [-0.15, -0.1) is 0 Å². The van der Waals surface area contributed by atoms with E-state index in [4.69, 9.17) is 9.68 Å². The molecule has 1 N–H and O–H groups in total. The SMILES string of the molecule is N#Cc1cccc(NC(=O)CN(Cc2ccccc2)Cc2ccco2)c1. The van der Waals surface area contributed by atoms with E-state index in [0.717, 1.165) is 11.3 Å². The fourth-order valence-corrected chi connectivity index (χ4v) is 2.70. The summed E-state index contributed by atoms with van der Waals surface area (Å²) in [5.41, 5.74) is 2.25. The van der Waals surface area contributed by atoms with Crippen molar-refractivity contribution in [1.29, 1.82) is 5.26 Å². The lowest BCUT2D eigenvalue weighted by molar-refractivity contribution is -0.117. The first-order chi connectivity index (χ1) is 12.7. The number of nitriles is 1. The van der Waals surface area contributed by atoms with Gasteiger partial charge in [-0.05, 0) is 35.9 Å². The molecule has 1 heterocycles. The van der Waals surface area contributed by atoms with Crippen molar-refractivity contribution < 1.29 is 9.21 Å². The summed E-state index contributed by atoms with van der Waals surface area (Å²) in [4.78, 5) is 14.5. The summed E-state index contributed by atoms with van der Waals surface area (Å²) in [6.45, 7) is 1.38. The highest BCUT2D eigenvalue weighted by Gasteiger charge is 2.14. The van der Waals surface area contributed by atoms with Gasteiger partial charge in [-0.2, -0.15) is 5.26 Å². The second kappa shape index (κ2) is 8.65. The first kappa shape index (κ1) is 17.5. The molecule has 5 nitrogen and oxygen atoms in total. The van der Waals surface area contributed by atoms with Crippen molar-refractivity contribution in [3.63, 3.8) is 0 Å². The van der Waals surface area contributed by atoms with Gasteiger partial charge in [-0.25, -0.2) is 0 Å². The van der Waals surface area contributed by atoms with Crippen LogP contribution in [0.5, 0.6) is 0 Å². The first-order valence-corrected chi connectivity index (χ1v) is 8.31. The average molecular weight is 345 g/mol. The van der Waals surface area contributed by atoms with Gasteiger partial charge in [0.25, 0.3) is 0 Å². The highest BCUT2D eigenvalue weighted by atomic mass is 16.3. The minimum atomic E-state index is -0.137. The number of hydrogen-bond donors (Lipinski definition) is 1.